The third kappa shape index (κ3) is 3.32. The molecular weight excluding hydrogens is 348 g/mol. The lowest BCUT2D eigenvalue weighted by atomic mass is 10.1. The summed E-state index contributed by atoms with van der Waals surface area (Å²) in [5.74, 6) is 0.133. The number of aryl methyl sites for hydroxylation is 1. The number of rotatable bonds is 4. The predicted molar refractivity (Wildman–Crippen MR) is 110 cm³/mol. The van der Waals surface area contributed by atoms with E-state index in [1.807, 2.05) is 32.2 Å². The van der Waals surface area contributed by atoms with Crippen molar-refractivity contribution >= 4 is 16.8 Å². The highest BCUT2D eigenvalue weighted by Crippen LogP contribution is 2.29. The summed E-state index contributed by atoms with van der Waals surface area (Å²) in [4.78, 5) is 20.1. The van der Waals surface area contributed by atoms with E-state index < -0.39 is 0 Å². The summed E-state index contributed by atoms with van der Waals surface area (Å²) < 4.78 is 2.08. The van der Waals surface area contributed by atoms with E-state index in [9.17, 15) is 4.79 Å². The van der Waals surface area contributed by atoms with Gasteiger partial charge >= 0.3 is 0 Å². The van der Waals surface area contributed by atoms with Crippen LogP contribution in [0.25, 0.3) is 16.7 Å². The first-order valence-corrected chi connectivity index (χ1v) is 9.82. The molecule has 3 aromatic rings. The zero-order chi connectivity index (χ0) is 19.7. The van der Waals surface area contributed by atoms with Crippen molar-refractivity contribution in [2.75, 3.05) is 19.6 Å². The van der Waals surface area contributed by atoms with Crippen LogP contribution >= 0.6 is 0 Å². The summed E-state index contributed by atoms with van der Waals surface area (Å²) in [5.41, 5.74) is 5.91. The molecule has 142 valence electrons. The molecule has 1 saturated heterocycles. The molecule has 0 N–H and O–H groups in total. The summed E-state index contributed by atoms with van der Waals surface area (Å²) >= 11 is 0. The van der Waals surface area contributed by atoms with Crippen molar-refractivity contribution < 1.29 is 4.79 Å². The highest BCUT2D eigenvalue weighted by molar-refractivity contribution is 6.09. The average Bonchev–Trinajstić information content (AvgIpc) is 3.00. The number of pyridine rings is 1. The molecule has 0 amide bonds. The van der Waals surface area contributed by atoms with Gasteiger partial charge in [0.1, 0.15) is 0 Å². The Morgan fingerprint density at radius 1 is 1.14 bits per heavy atom. The quantitative estimate of drug-likeness (QED) is 0.645. The Kier molecular flexibility index (Phi) is 4.97. The molecule has 1 fully saturated rings. The number of aromatic nitrogens is 2. The van der Waals surface area contributed by atoms with Crippen LogP contribution in [0, 0.1) is 25.2 Å². The lowest BCUT2D eigenvalue weighted by molar-refractivity contribution is 0.0916. The fourth-order valence-electron chi connectivity index (χ4n) is 4.13. The SMILES string of the molecule is Cc1cnc2c(C(=O)CN3CCCCC3)c(C)n(-c3ccc(C#N)cc3)c2c1. The normalized spacial score (nSPS) is 14.9. The van der Waals surface area contributed by atoms with E-state index in [2.05, 4.69) is 26.6 Å². The van der Waals surface area contributed by atoms with E-state index in [4.69, 9.17) is 5.26 Å². The number of hydrogen-bond donors (Lipinski definition) is 0. The van der Waals surface area contributed by atoms with Crippen LogP contribution in [0.2, 0.25) is 0 Å². The maximum atomic E-state index is 13.2. The van der Waals surface area contributed by atoms with Crippen LogP contribution in [0.5, 0.6) is 0 Å². The third-order valence-electron chi connectivity index (χ3n) is 5.53. The number of piperidine rings is 1. The minimum Gasteiger partial charge on any atom is -0.312 e. The molecule has 5 heteroatoms. The predicted octanol–water partition coefficient (Wildman–Crippen LogP) is 4.18. The molecule has 0 aliphatic carbocycles. The van der Waals surface area contributed by atoms with Crippen LogP contribution in [0.3, 0.4) is 0 Å². The molecule has 0 radical (unpaired) electrons. The first kappa shape index (κ1) is 18.4. The van der Waals surface area contributed by atoms with E-state index in [-0.39, 0.29) is 5.78 Å². The molecule has 1 aliphatic rings. The summed E-state index contributed by atoms with van der Waals surface area (Å²) in [7, 11) is 0. The number of ketones is 1. The van der Waals surface area contributed by atoms with E-state index >= 15 is 0 Å². The minimum absolute atomic E-state index is 0.133. The first-order valence-electron chi connectivity index (χ1n) is 9.82. The van der Waals surface area contributed by atoms with Crippen LogP contribution in [0.4, 0.5) is 0 Å². The van der Waals surface area contributed by atoms with Gasteiger partial charge in [-0.2, -0.15) is 5.26 Å². The molecule has 5 nitrogen and oxygen atoms in total. The van der Waals surface area contributed by atoms with Crippen LogP contribution in [0.1, 0.15) is 46.4 Å². The maximum Gasteiger partial charge on any atom is 0.180 e. The highest BCUT2D eigenvalue weighted by atomic mass is 16.1. The molecule has 0 bridgehead atoms. The molecule has 0 spiro atoms. The number of Topliss-reactive ketones (excluding diaryl/α,β-unsaturated/α-hetero) is 1. The molecule has 0 saturated carbocycles. The Bertz CT molecular complexity index is 1070. The van der Waals surface area contributed by atoms with E-state index in [1.165, 1.54) is 6.42 Å². The van der Waals surface area contributed by atoms with Crippen molar-refractivity contribution in [3.8, 4) is 11.8 Å². The van der Waals surface area contributed by atoms with Gasteiger partial charge in [-0.25, -0.2) is 0 Å². The summed E-state index contributed by atoms with van der Waals surface area (Å²) in [6.07, 6.45) is 5.40. The van der Waals surface area contributed by atoms with Gasteiger partial charge in [-0.05, 0) is 75.7 Å². The number of fused-ring (bicyclic) bond motifs is 1. The van der Waals surface area contributed by atoms with Gasteiger partial charge in [0, 0.05) is 17.6 Å². The summed E-state index contributed by atoms with van der Waals surface area (Å²) in [6.45, 7) is 6.42. The summed E-state index contributed by atoms with van der Waals surface area (Å²) in [5, 5.41) is 9.08. The second kappa shape index (κ2) is 7.57. The van der Waals surface area contributed by atoms with Crippen molar-refractivity contribution in [3.63, 3.8) is 0 Å². The number of likely N-dealkylation sites (tertiary alicyclic amines) is 1. The lowest BCUT2D eigenvalue weighted by Gasteiger charge is -2.25. The van der Waals surface area contributed by atoms with Gasteiger partial charge in [0.25, 0.3) is 0 Å². The molecule has 28 heavy (non-hydrogen) atoms. The van der Waals surface area contributed by atoms with Crippen LogP contribution < -0.4 is 0 Å². The fourth-order valence-corrected chi connectivity index (χ4v) is 4.13. The molecule has 1 aromatic carbocycles. The second-order valence-corrected chi connectivity index (χ2v) is 7.59. The maximum absolute atomic E-state index is 13.2. The lowest BCUT2D eigenvalue weighted by Crippen LogP contribution is -2.34. The van der Waals surface area contributed by atoms with Crippen molar-refractivity contribution in [1.82, 2.24) is 14.5 Å². The molecule has 0 atom stereocenters. The van der Waals surface area contributed by atoms with Crippen molar-refractivity contribution in [2.24, 2.45) is 0 Å². The fraction of sp³-hybridized carbons (Fsp3) is 0.348. The van der Waals surface area contributed by atoms with E-state index in [0.717, 1.165) is 53.9 Å². The summed E-state index contributed by atoms with van der Waals surface area (Å²) in [6, 6.07) is 11.7. The number of carbonyl (C=O) groups excluding carboxylic acids is 1. The van der Waals surface area contributed by atoms with Gasteiger partial charge in [0.2, 0.25) is 0 Å². The monoisotopic (exact) mass is 372 g/mol. The average molecular weight is 372 g/mol. The van der Waals surface area contributed by atoms with Crippen molar-refractivity contribution in [3.05, 3.63) is 58.9 Å². The van der Waals surface area contributed by atoms with E-state index in [0.29, 0.717) is 17.7 Å². The van der Waals surface area contributed by atoms with Gasteiger partial charge in [-0.3, -0.25) is 14.7 Å². The Labute approximate surface area is 165 Å². The topological polar surface area (TPSA) is 61.9 Å². The van der Waals surface area contributed by atoms with Crippen molar-refractivity contribution in [1.29, 1.82) is 5.26 Å². The molecular formula is C23H24N4O. The Hall–Kier alpha value is -2.97. The number of hydrogen-bond acceptors (Lipinski definition) is 4. The van der Waals surface area contributed by atoms with Crippen LogP contribution in [-0.4, -0.2) is 39.9 Å². The third-order valence-corrected chi connectivity index (χ3v) is 5.53. The van der Waals surface area contributed by atoms with E-state index in [1.54, 1.807) is 12.1 Å². The van der Waals surface area contributed by atoms with Crippen molar-refractivity contribution in [2.45, 2.75) is 33.1 Å². The molecule has 0 unspecified atom stereocenters. The largest absolute Gasteiger partial charge is 0.312 e. The molecule has 1 aliphatic heterocycles. The number of carbonyl (C=O) groups is 1. The second-order valence-electron chi connectivity index (χ2n) is 7.59. The smallest absolute Gasteiger partial charge is 0.180 e. The van der Waals surface area contributed by atoms with Crippen LogP contribution in [-0.2, 0) is 0 Å². The van der Waals surface area contributed by atoms with Gasteiger partial charge in [0.05, 0.1) is 34.8 Å². The van der Waals surface area contributed by atoms with Gasteiger partial charge < -0.3 is 4.57 Å². The Balaban J connectivity index is 1.81. The highest BCUT2D eigenvalue weighted by Gasteiger charge is 2.24. The Morgan fingerprint density at radius 2 is 1.86 bits per heavy atom. The van der Waals surface area contributed by atoms with Crippen LogP contribution in [0.15, 0.2) is 36.5 Å². The zero-order valence-electron chi connectivity index (χ0n) is 16.4. The molecule has 2 aromatic heterocycles. The zero-order valence-corrected chi connectivity index (χ0v) is 16.4. The van der Waals surface area contributed by atoms with Gasteiger partial charge in [0.15, 0.2) is 5.78 Å². The molecule has 4 rings (SSSR count). The standard InChI is InChI=1S/C23H24N4O/c1-16-12-20-23(25-14-16)22(21(28)15-26-10-4-3-5-11-26)17(2)27(20)19-8-6-18(13-24)7-9-19/h6-9,12,14H,3-5,10-11,15H2,1-2H3. The molecule has 3 heterocycles. The number of benzene rings is 1. The number of nitriles is 1. The minimum atomic E-state index is 0.133. The van der Waals surface area contributed by atoms with Gasteiger partial charge in [-0.15, -0.1) is 0 Å². The first-order chi connectivity index (χ1) is 13.6. The Morgan fingerprint density at radius 3 is 2.54 bits per heavy atom. The van der Waals surface area contributed by atoms with Gasteiger partial charge in [-0.1, -0.05) is 6.42 Å². The number of nitrogens with zero attached hydrogens (tertiary/aromatic N) is 4.